The van der Waals surface area contributed by atoms with Gasteiger partial charge in [0.1, 0.15) is 5.65 Å². The molecule has 4 heteroatoms. The number of fused-ring (bicyclic) bond motifs is 1. The van der Waals surface area contributed by atoms with E-state index in [-0.39, 0.29) is 1.43 Å². The molecule has 0 spiro atoms. The normalized spacial score (nSPS) is 22.9. The summed E-state index contributed by atoms with van der Waals surface area (Å²) in [6.07, 6.45) is 13.1. The maximum Gasteiger partial charge on any atom is 0.137 e. The fourth-order valence-corrected chi connectivity index (χ4v) is 3.60. The van der Waals surface area contributed by atoms with Crippen LogP contribution >= 0.6 is 0 Å². The van der Waals surface area contributed by atoms with Crippen molar-refractivity contribution >= 4 is 22.8 Å². The van der Waals surface area contributed by atoms with Crippen molar-refractivity contribution in [1.29, 1.82) is 5.41 Å². The Hall–Kier alpha value is -2.10. The number of H-pyrrole nitrogens is 1. The van der Waals surface area contributed by atoms with Crippen molar-refractivity contribution in [3.8, 4) is 0 Å². The molecule has 0 amide bonds. The number of hydrogen-bond acceptors (Lipinski definition) is 3. The number of hydrogen-bond donors (Lipinski definition) is 3. The molecule has 0 unspecified atom stereocenters. The first-order valence-electron chi connectivity index (χ1n) is 8.16. The van der Waals surface area contributed by atoms with E-state index in [0.717, 1.165) is 28.1 Å². The Morgan fingerprint density at radius 1 is 1.45 bits per heavy atom. The predicted molar refractivity (Wildman–Crippen MR) is 94.1 cm³/mol. The Morgan fingerprint density at radius 2 is 2.23 bits per heavy atom. The zero-order chi connectivity index (χ0) is 15.5. The van der Waals surface area contributed by atoms with E-state index in [2.05, 4.69) is 23.0 Å². The van der Waals surface area contributed by atoms with Crippen LogP contribution in [-0.4, -0.2) is 16.2 Å². The van der Waals surface area contributed by atoms with E-state index in [4.69, 9.17) is 11.1 Å². The summed E-state index contributed by atoms with van der Waals surface area (Å²) in [4.78, 5) is 7.74. The molecule has 1 aliphatic rings. The van der Waals surface area contributed by atoms with Gasteiger partial charge in [-0.05, 0) is 49.1 Å². The predicted octanol–water partition coefficient (Wildman–Crippen LogP) is 4.44. The molecule has 4 nitrogen and oxygen atoms in total. The van der Waals surface area contributed by atoms with Gasteiger partial charge in [-0.15, -0.1) is 0 Å². The lowest BCUT2D eigenvalue weighted by molar-refractivity contribution is 0.318. The molecule has 2 aromatic heterocycles. The molecular weight excluding hydrogens is 272 g/mol. The molecule has 1 saturated carbocycles. The van der Waals surface area contributed by atoms with Crippen LogP contribution in [0.5, 0.6) is 0 Å². The Kier molecular flexibility index (Phi) is 4.27. The molecular formula is C18H26N4. The first kappa shape index (κ1) is 14.8. The van der Waals surface area contributed by atoms with E-state index in [1.165, 1.54) is 50.1 Å². The van der Waals surface area contributed by atoms with Gasteiger partial charge >= 0.3 is 0 Å². The van der Waals surface area contributed by atoms with Crippen molar-refractivity contribution in [3.63, 3.8) is 0 Å². The fraction of sp³-hybridized carbons (Fsp3) is 0.444. The van der Waals surface area contributed by atoms with Crippen molar-refractivity contribution in [3.05, 3.63) is 35.8 Å². The highest BCUT2D eigenvalue weighted by molar-refractivity contribution is 6.13. The molecule has 2 aromatic rings. The van der Waals surface area contributed by atoms with Gasteiger partial charge in [-0.1, -0.05) is 13.3 Å². The lowest BCUT2D eigenvalue weighted by Gasteiger charge is -2.27. The average Bonchev–Trinajstić information content (AvgIpc) is 2.99. The molecule has 4 N–H and O–H groups in total. The third kappa shape index (κ3) is 2.65. The van der Waals surface area contributed by atoms with E-state index in [1.54, 1.807) is 0 Å². The van der Waals surface area contributed by atoms with Gasteiger partial charge in [0.15, 0.2) is 0 Å². The van der Waals surface area contributed by atoms with Crippen molar-refractivity contribution in [2.45, 2.75) is 44.9 Å². The summed E-state index contributed by atoms with van der Waals surface area (Å²) in [6.45, 7) is 2.29. The number of aromatic amines is 1. The van der Waals surface area contributed by atoms with Crippen molar-refractivity contribution in [2.75, 3.05) is 0 Å². The molecule has 0 atom stereocenters. The van der Waals surface area contributed by atoms with Gasteiger partial charge in [0.25, 0.3) is 0 Å². The summed E-state index contributed by atoms with van der Waals surface area (Å²) in [5.41, 5.74) is 9.50. The zero-order valence-corrected chi connectivity index (χ0v) is 13.1. The Bertz CT molecular complexity index is 696. The van der Waals surface area contributed by atoms with Gasteiger partial charge < -0.3 is 16.1 Å². The minimum absolute atomic E-state index is 0. The molecule has 2 heterocycles. The molecule has 1 aliphatic carbocycles. The quantitative estimate of drug-likeness (QED) is 0.729. The van der Waals surface area contributed by atoms with Crippen molar-refractivity contribution < 1.29 is 1.43 Å². The zero-order valence-electron chi connectivity index (χ0n) is 13.1. The fourth-order valence-electron chi connectivity index (χ4n) is 3.60. The highest BCUT2D eigenvalue weighted by Crippen LogP contribution is 2.37. The average molecular weight is 298 g/mol. The number of aromatic nitrogens is 2. The van der Waals surface area contributed by atoms with Crippen LogP contribution in [0, 0.1) is 11.3 Å². The maximum absolute atomic E-state index is 7.50. The highest BCUT2D eigenvalue weighted by Gasteiger charge is 2.22. The molecule has 22 heavy (non-hydrogen) atoms. The summed E-state index contributed by atoms with van der Waals surface area (Å²) >= 11 is 0. The summed E-state index contributed by atoms with van der Waals surface area (Å²) in [6, 6.07) is 2.23. The van der Waals surface area contributed by atoms with E-state index in [0.29, 0.717) is 5.92 Å². The Labute approximate surface area is 132 Å². The summed E-state index contributed by atoms with van der Waals surface area (Å²) in [5, 5.41) is 8.56. The third-order valence-corrected chi connectivity index (χ3v) is 5.09. The smallest absolute Gasteiger partial charge is 0.137 e. The SMILES string of the molecule is CCC1CCC(c2cnc3[nH]cc(/C(C=N)=C/N)c3c2)CC1.[HH]. The van der Waals surface area contributed by atoms with Crippen LogP contribution in [0.25, 0.3) is 16.6 Å². The lowest BCUT2D eigenvalue weighted by Crippen LogP contribution is -2.12. The summed E-state index contributed by atoms with van der Waals surface area (Å²) in [7, 11) is 0. The summed E-state index contributed by atoms with van der Waals surface area (Å²) < 4.78 is 0. The van der Waals surface area contributed by atoms with Gasteiger partial charge in [0.05, 0.1) is 0 Å². The molecule has 1 fully saturated rings. The maximum atomic E-state index is 7.50. The summed E-state index contributed by atoms with van der Waals surface area (Å²) in [5.74, 6) is 1.52. The van der Waals surface area contributed by atoms with Crippen LogP contribution in [0.1, 0.15) is 57.5 Å². The minimum Gasteiger partial charge on any atom is -0.404 e. The van der Waals surface area contributed by atoms with Crippen LogP contribution in [0.2, 0.25) is 0 Å². The van der Waals surface area contributed by atoms with Crippen molar-refractivity contribution in [1.82, 2.24) is 9.97 Å². The van der Waals surface area contributed by atoms with E-state index in [1.807, 2.05) is 12.4 Å². The molecule has 0 bridgehead atoms. The number of nitrogens with zero attached hydrogens (tertiary/aromatic N) is 1. The van der Waals surface area contributed by atoms with Gasteiger partial charge in [0.2, 0.25) is 0 Å². The van der Waals surface area contributed by atoms with Crippen LogP contribution in [0.15, 0.2) is 24.7 Å². The monoisotopic (exact) mass is 298 g/mol. The second-order valence-electron chi connectivity index (χ2n) is 6.26. The van der Waals surface area contributed by atoms with Crippen LogP contribution < -0.4 is 5.73 Å². The Balaban J connectivity index is 0.00000192. The number of allylic oxidation sites excluding steroid dienone is 1. The second-order valence-corrected chi connectivity index (χ2v) is 6.26. The first-order valence-corrected chi connectivity index (χ1v) is 8.16. The van der Waals surface area contributed by atoms with Gasteiger partial charge in [-0.2, -0.15) is 0 Å². The standard InChI is InChI=1S/C18H24N4.H2/c1-2-12-3-5-13(6-4-12)14-7-16-17(15(8-19)9-20)11-22-18(16)21-10-14;/h7-13,19H,2-6,20H2,1H3,(H,21,22);1H/b15-9+,19-8?;. The van der Waals surface area contributed by atoms with E-state index in [9.17, 15) is 0 Å². The van der Waals surface area contributed by atoms with Crippen molar-refractivity contribution in [2.24, 2.45) is 11.7 Å². The highest BCUT2D eigenvalue weighted by atomic mass is 14.8. The molecule has 118 valence electrons. The van der Waals surface area contributed by atoms with E-state index >= 15 is 0 Å². The Morgan fingerprint density at radius 3 is 2.86 bits per heavy atom. The first-order chi connectivity index (χ1) is 10.8. The van der Waals surface area contributed by atoms with Crippen LogP contribution in [0.3, 0.4) is 0 Å². The lowest BCUT2D eigenvalue weighted by atomic mass is 9.78. The van der Waals surface area contributed by atoms with Gasteiger partial charge in [-0.25, -0.2) is 4.98 Å². The van der Waals surface area contributed by atoms with Crippen LogP contribution in [-0.2, 0) is 0 Å². The second kappa shape index (κ2) is 6.34. The third-order valence-electron chi connectivity index (χ3n) is 5.09. The molecule has 3 rings (SSSR count). The number of nitrogens with one attached hydrogen (secondary N) is 2. The largest absolute Gasteiger partial charge is 0.404 e. The number of rotatable bonds is 4. The van der Waals surface area contributed by atoms with Gasteiger partial charge in [-0.3, -0.25) is 0 Å². The number of nitrogens with two attached hydrogens (primary N) is 1. The number of pyridine rings is 1. The molecule has 0 saturated heterocycles. The van der Waals surface area contributed by atoms with E-state index < -0.39 is 0 Å². The van der Waals surface area contributed by atoms with Crippen LogP contribution in [0.4, 0.5) is 0 Å². The molecule has 0 radical (unpaired) electrons. The molecule has 0 aromatic carbocycles. The minimum atomic E-state index is 0. The topological polar surface area (TPSA) is 78.5 Å². The van der Waals surface area contributed by atoms with Gasteiger partial charge in [0, 0.05) is 42.8 Å². The molecule has 0 aliphatic heterocycles.